The summed E-state index contributed by atoms with van der Waals surface area (Å²) in [5.41, 5.74) is 0. The maximum atomic E-state index is 16.1. The van der Waals surface area contributed by atoms with E-state index in [4.69, 9.17) is 0 Å². The minimum absolute atomic E-state index is 0.0752. The average molecular weight is 661 g/mol. The molecule has 0 saturated carbocycles. The highest BCUT2D eigenvalue weighted by Gasteiger charge is 2.47. The number of hydrogen-bond acceptors (Lipinski definition) is 3. The summed E-state index contributed by atoms with van der Waals surface area (Å²) in [6, 6.07) is 55.8. The van der Waals surface area contributed by atoms with Crippen LogP contribution in [-0.2, 0) is 13.7 Å². The molecule has 46 heavy (non-hydrogen) atoms. The van der Waals surface area contributed by atoms with Crippen LogP contribution in [0.1, 0.15) is 0 Å². The summed E-state index contributed by atoms with van der Waals surface area (Å²) in [7, 11) is -10.9. The third-order valence-electron chi connectivity index (χ3n) is 7.96. The molecule has 6 rings (SSSR count). The lowest BCUT2D eigenvalue weighted by atomic mass is 10.4. The Morgan fingerprint density at radius 3 is 0.870 bits per heavy atom. The van der Waals surface area contributed by atoms with Gasteiger partial charge in [0, 0.05) is 44.9 Å². The van der Waals surface area contributed by atoms with Gasteiger partial charge in [-0.1, -0.05) is 109 Å². The second kappa shape index (κ2) is 14.1. The van der Waals surface area contributed by atoms with Crippen molar-refractivity contribution in [1.29, 1.82) is 0 Å². The number of benzene rings is 6. The van der Waals surface area contributed by atoms with E-state index in [2.05, 4.69) is 5.09 Å². The Morgan fingerprint density at radius 2 is 0.609 bits per heavy atom. The van der Waals surface area contributed by atoms with Gasteiger partial charge in [-0.3, -0.25) is 18.8 Å². The summed E-state index contributed by atoms with van der Waals surface area (Å²) in [6.45, 7) is 0.222. The molecule has 8 heteroatoms. The minimum Gasteiger partial charge on any atom is -0.297 e. The van der Waals surface area contributed by atoms with Gasteiger partial charge >= 0.3 is 0 Å². The van der Waals surface area contributed by atoms with Gasteiger partial charge in [-0.15, -0.1) is 0 Å². The zero-order chi connectivity index (χ0) is 31.9. The number of nitrogens with zero attached hydrogens (tertiary/aromatic N) is 1. The van der Waals surface area contributed by atoms with Crippen molar-refractivity contribution in [2.75, 3.05) is 13.1 Å². The highest BCUT2D eigenvalue weighted by Crippen LogP contribution is 2.64. The molecule has 0 aliphatic carbocycles. The van der Waals surface area contributed by atoms with Gasteiger partial charge in [0.25, 0.3) is 0 Å². The van der Waals surface area contributed by atoms with E-state index in [0.717, 1.165) is 0 Å². The van der Waals surface area contributed by atoms with E-state index in [9.17, 15) is 4.57 Å². The first-order valence-electron chi connectivity index (χ1n) is 15.1. The van der Waals surface area contributed by atoms with Crippen molar-refractivity contribution in [2.45, 2.75) is 0 Å². The molecule has 0 radical (unpaired) electrons. The predicted molar refractivity (Wildman–Crippen MR) is 194 cm³/mol. The van der Waals surface area contributed by atoms with Crippen molar-refractivity contribution in [3.63, 3.8) is 0 Å². The fourth-order valence-corrected chi connectivity index (χ4v) is 15.4. The van der Waals surface area contributed by atoms with E-state index in [1.54, 1.807) is 4.44 Å². The summed E-state index contributed by atoms with van der Waals surface area (Å²) in [5.74, 6) is 0. The molecule has 5 nitrogen and oxygen atoms in total. The van der Waals surface area contributed by atoms with E-state index in [1.165, 1.54) is 0 Å². The topological polar surface area (TPSA) is 66.5 Å². The number of nitrogens with one attached hydrogen (secondary N) is 1. The van der Waals surface area contributed by atoms with Crippen LogP contribution in [0.15, 0.2) is 182 Å². The van der Waals surface area contributed by atoms with E-state index >= 15 is 9.13 Å². The maximum absolute atomic E-state index is 16.1. The van der Waals surface area contributed by atoms with Crippen molar-refractivity contribution in [1.82, 2.24) is 9.53 Å². The quantitative estimate of drug-likeness (QED) is 0.149. The van der Waals surface area contributed by atoms with Crippen molar-refractivity contribution >= 4 is 53.7 Å². The molecular formula is C38H35N2O3P3. The van der Waals surface area contributed by atoms with Crippen LogP contribution < -0.4 is 36.9 Å². The van der Waals surface area contributed by atoms with Gasteiger partial charge < -0.3 is 0 Å². The molecule has 0 amide bonds. The van der Waals surface area contributed by atoms with Crippen LogP contribution in [0.4, 0.5) is 0 Å². The Labute approximate surface area is 271 Å². The minimum atomic E-state index is -3.77. The molecule has 0 unspecified atom stereocenters. The Bertz CT molecular complexity index is 1770. The Hall–Kier alpha value is -4.07. The summed E-state index contributed by atoms with van der Waals surface area (Å²) < 4.78 is 48.7. The van der Waals surface area contributed by atoms with Gasteiger partial charge in [0.1, 0.15) is 0 Å². The van der Waals surface area contributed by atoms with Crippen molar-refractivity contribution in [2.24, 2.45) is 0 Å². The Balaban J connectivity index is 1.54. The number of rotatable bonds is 12. The predicted octanol–water partition coefficient (Wildman–Crippen LogP) is 6.67. The molecule has 6 aromatic rings. The molecule has 0 spiro atoms. The first-order valence-corrected chi connectivity index (χ1v) is 20.2. The largest absolute Gasteiger partial charge is 0.297 e. The molecule has 0 atom stereocenters. The van der Waals surface area contributed by atoms with E-state index in [1.807, 2.05) is 182 Å². The molecule has 230 valence electrons. The SMILES string of the molecule is O=P(NCCN(P(=O)(c1ccccc1)c1ccccc1)P(=O)(c1ccccc1)c1ccccc1)(c1ccccc1)c1ccccc1. The van der Waals surface area contributed by atoms with Gasteiger partial charge in [-0.2, -0.15) is 4.44 Å². The molecule has 6 aromatic carbocycles. The fraction of sp³-hybridized carbons (Fsp3) is 0.0526. The van der Waals surface area contributed by atoms with Crippen LogP contribution in [0, 0.1) is 0 Å². The second-order valence-electron chi connectivity index (χ2n) is 10.8. The highest BCUT2D eigenvalue weighted by molar-refractivity contribution is 7.90. The van der Waals surface area contributed by atoms with Gasteiger partial charge in [-0.05, 0) is 72.8 Å². The van der Waals surface area contributed by atoms with Gasteiger partial charge in [-0.25, -0.2) is 0 Å². The maximum Gasteiger partial charge on any atom is 0.213 e. The molecule has 0 heterocycles. The summed E-state index contributed by atoms with van der Waals surface area (Å²) in [5, 5.41) is 6.99. The monoisotopic (exact) mass is 660 g/mol. The van der Waals surface area contributed by atoms with Crippen LogP contribution in [0.25, 0.3) is 0 Å². The summed E-state index contributed by atoms with van der Waals surface area (Å²) >= 11 is 0. The molecule has 0 saturated heterocycles. The fourth-order valence-electron chi connectivity index (χ4n) is 5.73. The smallest absolute Gasteiger partial charge is 0.213 e. The lowest BCUT2D eigenvalue weighted by molar-refractivity contribution is 0.512. The van der Waals surface area contributed by atoms with E-state index in [-0.39, 0.29) is 13.1 Å². The van der Waals surface area contributed by atoms with Crippen LogP contribution in [-0.4, -0.2) is 17.5 Å². The zero-order valence-electron chi connectivity index (χ0n) is 25.2. The molecule has 0 aromatic heterocycles. The first-order chi connectivity index (χ1) is 22.5. The third-order valence-corrected chi connectivity index (χ3v) is 17.9. The lowest BCUT2D eigenvalue weighted by Gasteiger charge is -2.39. The van der Waals surface area contributed by atoms with Gasteiger partial charge in [0.05, 0.1) is 0 Å². The van der Waals surface area contributed by atoms with Crippen LogP contribution in [0.5, 0.6) is 0 Å². The lowest BCUT2D eigenvalue weighted by Crippen LogP contribution is -2.40. The number of hydrogen-bond donors (Lipinski definition) is 1. The van der Waals surface area contributed by atoms with Crippen LogP contribution in [0.3, 0.4) is 0 Å². The molecule has 0 aliphatic heterocycles. The second-order valence-corrected chi connectivity index (χ2v) is 19.0. The molecule has 0 bridgehead atoms. The van der Waals surface area contributed by atoms with Crippen LogP contribution >= 0.6 is 21.9 Å². The first kappa shape index (κ1) is 31.9. The summed E-state index contributed by atoms with van der Waals surface area (Å²) in [4.78, 5) is 0. The van der Waals surface area contributed by atoms with Gasteiger partial charge in [0.15, 0.2) is 0 Å². The summed E-state index contributed by atoms with van der Waals surface area (Å²) in [6.07, 6.45) is 0. The average Bonchev–Trinajstić information content (AvgIpc) is 3.15. The Morgan fingerprint density at radius 1 is 0.370 bits per heavy atom. The van der Waals surface area contributed by atoms with Crippen molar-refractivity contribution < 1.29 is 13.7 Å². The van der Waals surface area contributed by atoms with Gasteiger partial charge in [0.2, 0.25) is 21.9 Å². The normalized spacial score (nSPS) is 12.2. The Kier molecular flexibility index (Phi) is 9.81. The molecule has 0 fully saturated rings. The van der Waals surface area contributed by atoms with Crippen molar-refractivity contribution in [3.05, 3.63) is 182 Å². The molecule has 1 N–H and O–H groups in total. The molecular weight excluding hydrogens is 625 g/mol. The standard InChI is InChI=1S/C38H35N2O3P3/c41-44(33-19-7-1-8-20-33,34-21-9-2-10-22-34)39-31-32-40(45(42,35-23-11-3-12-24-35)36-25-13-4-14-26-36)46(43,37-27-15-5-16-28-37)38-29-17-6-18-30-38/h1-30H,31-32H2,(H,39,41). The highest BCUT2D eigenvalue weighted by atomic mass is 31.2. The zero-order valence-corrected chi connectivity index (χ0v) is 27.9. The van der Waals surface area contributed by atoms with Crippen molar-refractivity contribution in [3.8, 4) is 0 Å². The van der Waals surface area contributed by atoms with E-state index in [0.29, 0.717) is 31.8 Å². The van der Waals surface area contributed by atoms with Crippen LogP contribution in [0.2, 0.25) is 0 Å². The third kappa shape index (κ3) is 6.18. The van der Waals surface area contributed by atoms with E-state index < -0.39 is 21.9 Å². The molecule has 0 aliphatic rings.